The zero-order valence-electron chi connectivity index (χ0n) is 8.09. The van der Waals surface area contributed by atoms with E-state index in [1.165, 1.54) is 6.08 Å². The van der Waals surface area contributed by atoms with Gasteiger partial charge in [0, 0.05) is 12.4 Å². The summed E-state index contributed by atoms with van der Waals surface area (Å²) in [6.45, 7) is 0. The molecule has 0 fully saturated rings. The highest BCUT2D eigenvalue weighted by Crippen LogP contribution is 2.03. The Morgan fingerprint density at radius 2 is 1.67 bits per heavy atom. The minimum absolute atomic E-state index is 0.569. The van der Waals surface area contributed by atoms with Gasteiger partial charge in [-0.3, -0.25) is 9.59 Å². The first-order chi connectivity index (χ1) is 7.33. The lowest BCUT2D eigenvalue weighted by atomic mass is 10.0. The lowest BCUT2D eigenvalue weighted by Gasteiger charge is -2.19. The molecule has 0 radical (unpaired) electrons. The molecule has 1 aromatic heterocycles. The lowest BCUT2D eigenvalue weighted by Crippen LogP contribution is -2.44. The van der Waals surface area contributed by atoms with E-state index < -0.39 is 5.54 Å². The average Bonchev–Trinajstić information content (AvgIpc) is 2.89. The summed E-state index contributed by atoms with van der Waals surface area (Å²) in [5.74, 6) is 0. The third-order valence-corrected chi connectivity index (χ3v) is 1.80. The van der Waals surface area contributed by atoms with Crippen LogP contribution in [0, 0.1) is 0 Å². The summed E-state index contributed by atoms with van der Waals surface area (Å²) in [4.78, 5) is 23.5. The number of H-pyrrole nitrogens is 1. The molecule has 2 N–H and O–H groups in total. The van der Waals surface area contributed by atoms with E-state index >= 15 is 0 Å². The number of carbonyl (C=O) groups is 2. The lowest BCUT2D eigenvalue weighted by molar-refractivity contribution is -0.119. The van der Waals surface area contributed by atoms with E-state index in [0.717, 1.165) is 0 Å². The van der Waals surface area contributed by atoms with Crippen molar-refractivity contribution in [1.82, 2.24) is 10.3 Å². The van der Waals surface area contributed by atoms with Crippen LogP contribution in [-0.2, 0) is 9.59 Å². The third kappa shape index (κ3) is 3.27. The number of hydrogen-bond acceptors (Lipinski definition) is 3. The fourth-order valence-corrected chi connectivity index (χ4v) is 0.963. The van der Waals surface area contributed by atoms with Crippen molar-refractivity contribution in [1.29, 1.82) is 0 Å². The molecule has 0 saturated carbocycles. The van der Waals surface area contributed by atoms with Crippen LogP contribution in [0.1, 0.15) is 0 Å². The number of nitrogens with one attached hydrogen (secondary N) is 2. The van der Waals surface area contributed by atoms with E-state index in [0.29, 0.717) is 12.6 Å². The maximum atomic E-state index is 10.3. The number of dihydropyridines is 1. The van der Waals surface area contributed by atoms with E-state index in [1.807, 2.05) is 24.5 Å². The van der Waals surface area contributed by atoms with Crippen molar-refractivity contribution in [2.24, 2.45) is 0 Å². The van der Waals surface area contributed by atoms with Crippen LogP contribution in [0.5, 0.6) is 0 Å². The van der Waals surface area contributed by atoms with Gasteiger partial charge in [-0.05, 0) is 30.5 Å². The predicted molar refractivity (Wildman–Crippen MR) is 57.1 cm³/mol. The van der Waals surface area contributed by atoms with Crippen LogP contribution in [0.3, 0.4) is 0 Å². The van der Waals surface area contributed by atoms with Crippen molar-refractivity contribution in [3.05, 3.63) is 49.0 Å². The van der Waals surface area contributed by atoms with Gasteiger partial charge in [0.2, 0.25) is 0 Å². The molecule has 2 heterocycles. The number of aromatic amines is 1. The molecule has 78 valence electrons. The summed E-state index contributed by atoms with van der Waals surface area (Å²) in [5.41, 5.74) is -1.12. The summed E-state index contributed by atoms with van der Waals surface area (Å²) in [5, 5.41) is 2.63. The van der Waals surface area contributed by atoms with Crippen molar-refractivity contribution in [3.8, 4) is 0 Å². The molecule has 1 aromatic rings. The summed E-state index contributed by atoms with van der Waals surface area (Å²) in [6, 6.07) is 3.89. The quantitative estimate of drug-likeness (QED) is 0.553. The van der Waals surface area contributed by atoms with Gasteiger partial charge in [-0.25, -0.2) is 0 Å². The molecule has 0 amide bonds. The standard InChI is InChI=1S/C7H7NO2.C4H5N/c9-5-7(6-10)3-1-2-4-8-7;1-2-4-5-3-1/h1-6,8H;1-5H. The van der Waals surface area contributed by atoms with Crippen molar-refractivity contribution < 1.29 is 9.59 Å². The number of carbonyl (C=O) groups excluding carboxylic acids is 2. The Hall–Kier alpha value is -2.10. The van der Waals surface area contributed by atoms with E-state index in [1.54, 1.807) is 18.4 Å². The van der Waals surface area contributed by atoms with Crippen LogP contribution < -0.4 is 5.32 Å². The number of aldehydes is 2. The maximum Gasteiger partial charge on any atom is 0.168 e. The van der Waals surface area contributed by atoms with Gasteiger partial charge in [0.15, 0.2) is 18.1 Å². The highest BCUT2D eigenvalue weighted by Gasteiger charge is 2.24. The Morgan fingerprint density at radius 3 is 1.93 bits per heavy atom. The molecule has 2 rings (SSSR count). The van der Waals surface area contributed by atoms with Crippen LogP contribution in [0.4, 0.5) is 0 Å². The molecule has 0 aliphatic carbocycles. The Labute approximate surface area is 87.7 Å². The number of aromatic nitrogens is 1. The second kappa shape index (κ2) is 5.59. The fraction of sp³-hybridized carbons (Fsp3) is 0.0909. The first-order valence-corrected chi connectivity index (χ1v) is 4.45. The Kier molecular flexibility index (Phi) is 4.09. The van der Waals surface area contributed by atoms with E-state index in [-0.39, 0.29) is 0 Å². The Morgan fingerprint density at radius 1 is 1.00 bits per heavy atom. The summed E-state index contributed by atoms with van der Waals surface area (Å²) >= 11 is 0. The van der Waals surface area contributed by atoms with Gasteiger partial charge in [0.25, 0.3) is 0 Å². The largest absolute Gasteiger partial charge is 0.370 e. The van der Waals surface area contributed by atoms with Crippen molar-refractivity contribution in [2.45, 2.75) is 5.54 Å². The molecule has 4 heteroatoms. The molecule has 0 bridgehead atoms. The van der Waals surface area contributed by atoms with Crippen molar-refractivity contribution in [2.75, 3.05) is 0 Å². The fourth-order valence-electron chi connectivity index (χ4n) is 0.963. The zero-order chi connectivity index (χ0) is 11.0. The molecular formula is C11H12N2O2. The molecule has 4 nitrogen and oxygen atoms in total. The predicted octanol–water partition coefficient (Wildman–Crippen LogP) is 0.811. The van der Waals surface area contributed by atoms with Crippen LogP contribution in [0.25, 0.3) is 0 Å². The maximum absolute atomic E-state index is 10.3. The van der Waals surface area contributed by atoms with E-state index in [2.05, 4.69) is 10.3 Å². The SMILES string of the molecule is O=CC1(C=O)C=CC=CN1.c1cc[nH]c1. The van der Waals surface area contributed by atoms with Crippen molar-refractivity contribution >= 4 is 12.6 Å². The van der Waals surface area contributed by atoms with Crippen molar-refractivity contribution in [3.63, 3.8) is 0 Å². The monoisotopic (exact) mass is 204 g/mol. The molecule has 1 aliphatic rings. The number of allylic oxidation sites excluding steroid dienone is 2. The summed E-state index contributed by atoms with van der Waals surface area (Å²) in [6.07, 6.45) is 11.3. The highest BCUT2D eigenvalue weighted by atomic mass is 16.1. The average molecular weight is 204 g/mol. The van der Waals surface area contributed by atoms with Gasteiger partial charge in [0.05, 0.1) is 0 Å². The first-order valence-electron chi connectivity index (χ1n) is 4.45. The molecular weight excluding hydrogens is 192 g/mol. The molecule has 0 spiro atoms. The second-order valence-corrected chi connectivity index (χ2v) is 2.92. The Balaban J connectivity index is 0.000000187. The molecule has 0 saturated heterocycles. The molecule has 0 unspecified atom stereocenters. The van der Waals surface area contributed by atoms with Crippen LogP contribution in [-0.4, -0.2) is 23.1 Å². The normalized spacial score (nSPS) is 15.7. The zero-order valence-corrected chi connectivity index (χ0v) is 8.09. The number of rotatable bonds is 2. The van der Waals surface area contributed by atoms with Crippen LogP contribution in [0.2, 0.25) is 0 Å². The van der Waals surface area contributed by atoms with Gasteiger partial charge in [0.1, 0.15) is 0 Å². The van der Waals surface area contributed by atoms with Crippen LogP contribution >= 0.6 is 0 Å². The second-order valence-electron chi connectivity index (χ2n) is 2.92. The summed E-state index contributed by atoms with van der Waals surface area (Å²) in [7, 11) is 0. The third-order valence-electron chi connectivity index (χ3n) is 1.80. The number of hydrogen-bond donors (Lipinski definition) is 2. The van der Waals surface area contributed by atoms with Gasteiger partial charge >= 0.3 is 0 Å². The molecule has 15 heavy (non-hydrogen) atoms. The minimum atomic E-state index is -1.12. The molecule has 0 atom stereocenters. The van der Waals surface area contributed by atoms with Crippen LogP contribution in [0.15, 0.2) is 49.0 Å². The van der Waals surface area contributed by atoms with Gasteiger partial charge < -0.3 is 10.3 Å². The first kappa shape index (κ1) is 11.0. The molecule has 0 aromatic carbocycles. The van der Waals surface area contributed by atoms with Gasteiger partial charge in [-0.1, -0.05) is 6.08 Å². The van der Waals surface area contributed by atoms with E-state index in [9.17, 15) is 9.59 Å². The van der Waals surface area contributed by atoms with Gasteiger partial charge in [-0.2, -0.15) is 0 Å². The van der Waals surface area contributed by atoms with Gasteiger partial charge in [-0.15, -0.1) is 0 Å². The topological polar surface area (TPSA) is 62.0 Å². The molecule has 1 aliphatic heterocycles. The van der Waals surface area contributed by atoms with E-state index in [4.69, 9.17) is 0 Å². The smallest absolute Gasteiger partial charge is 0.168 e. The highest BCUT2D eigenvalue weighted by molar-refractivity contribution is 5.92. The summed E-state index contributed by atoms with van der Waals surface area (Å²) < 4.78 is 0. The Bertz CT molecular complexity index is 327. The minimum Gasteiger partial charge on any atom is -0.370 e.